The van der Waals surface area contributed by atoms with Crippen molar-refractivity contribution in [1.29, 1.82) is 0 Å². The van der Waals surface area contributed by atoms with Crippen LogP contribution in [-0.2, 0) is 11.0 Å². The molecular weight excluding hydrogens is 455 g/mol. The van der Waals surface area contributed by atoms with E-state index >= 15 is 0 Å². The smallest absolute Gasteiger partial charge is 0.416 e. The van der Waals surface area contributed by atoms with Crippen LogP contribution in [-0.4, -0.2) is 28.4 Å². The van der Waals surface area contributed by atoms with Crippen molar-refractivity contribution in [2.45, 2.75) is 18.7 Å². The monoisotopic (exact) mass is 471 g/mol. The molecule has 0 saturated carbocycles. The minimum Gasteiger partial charge on any atom is -0.485 e. The molecule has 0 fully saturated rings. The Bertz CT molecular complexity index is 1400. The lowest BCUT2D eigenvalue weighted by Gasteiger charge is -2.32. The summed E-state index contributed by atoms with van der Waals surface area (Å²) in [6.45, 7) is 1.29. The number of hydrogen-bond donors (Lipinski definition) is 1. The summed E-state index contributed by atoms with van der Waals surface area (Å²) in [5.41, 5.74) is -0.999. The lowest BCUT2D eigenvalue weighted by atomic mass is 10.1. The molecule has 1 aliphatic heterocycles. The molecule has 5 rings (SSSR count). The van der Waals surface area contributed by atoms with Crippen LogP contribution < -0.4 is 14.2 Å². The molecule has 10 heteroatoms. The number of fused-ring (bicyclic) bond motifs is 2. The number of aromatic nitrogens is 1. The molecule has 0 radical (unpaired) electrons. The zero-order valence-corrected chi connectivity index (χ0v) is 17.6. The van der Waals surface area contributed by atoms with Gasteiger partial charge in [-0.05, 0) is 43.3 Å². The molecule has 174 valence electrons. The van der Waals surface area contributed by atoms with Crippen LogP contribution in [0.2, 0.25) is 0 Å². The van der Waals surface area contributed by atoms with Crippen molar-refractivity contribution in [2.24, 2.45) is 0 Å². The Balaban J connectivity index is 1.39. The first-order valence-electron chi connectivity index (χ1n) is 10.1. The first kappa shape index (κ1) is 21.6. The number of rotatable bonds is 4. The van der Waals surface area contributed by atoms with Crippen LogP contribution in [0.5, 0.6) is 23.0 Å². The number of hydrogen-bond acceptors (Lipinski definition) is 6. The Morgan fingerprint density at radius 2 is 1.74 bits per heavy atom. The van der Waals surface area contributed by atoms with E-state index in [-0.39, 0.29) is 12.4 Å². The Labute approximate surface area is 190 Å². The average Bonchev–Trinajstić information content (AvgIpc) is 3.21. The summed E-state index contributed by atoms with van der Waals surface area (Å²) in [5, 5.41) is 14.0. The van der Waals surface area contributed by atoms with E-state index in [0.29, 0.717) is 39.5 Å². The van der Waals surface area contributed by atoms with E-state index in [2.05, 4.69) is 5.16 Å². The fraction of sp³-hybridized carbons (Fsp3) is 0.167. The zero-order valence-electron chi connectivity index (χ0n) is 17.6. The van der Waals surface area contributed by atoms with Crippen molar-refractivity contribution in [2.75, 3.05) is 6.61 Å². The van der Waals surface area contributed by atoms with Gasteiger partial charge >= 0.3 is 12.1 Å². The first-order chi connectivity index (χ1) is 16.1. The molecule has 2 heterocycles. The number of carboxylic acids is 1. The Morgan fingerprint density at radius 3 is 2.44 bits per heavy atom. The summed E-state index contributed by atoms with van der Waals surface area (Å²) in [4.78, 5) is 11.4. The first-order valence-corrected chi connectivity index (χ1v) is 10.1. The standard InChI is InChI=1S/C24H16F3NO6/c1-23(22(29)30)12-31-18-9-7-16(11-20(18)33-23)32-15-6-8-17-19(10-15)34-28-21(17)13-2-4-14(5-3-13)24(25,26)27/h2-11H,12H2,1H3,(H,29,30). The van der Waals surface area contributed by atoms with Gasteiger partial charge in [-0.1, -0.05) is 17.3 Å². The van der Waals surface area contributed by atoms with Gasteiger partial charge in [-0.2, -0.15) is 13.2 Å². The maximum Gasteiger partial charge on any atom is 0.416 e. The van der Waals surface area contributed by atoms with Gasteiger partial charge in [-0.3, -0.25) is 0 Å². The van der Waals surface area contributed by atoms with Gasteiger partial charge in [0.1, 0.15) is 23.8 Å². The van der Waals surface area contributed by atoms with Crippen molar-refractivity contribution < 1.29 is 41.8 Å². The average molecular weight is 471 g/mol. The van der Waals surface area contributed by atoms with Crippen LogP contribution in [0.3, 0.4) is 0 Å². The van der Waals surface area contributed by atoms with Crippen molar-refractivity contribution in [3.63, 3.8) is 0 Å². The summed E-state index contributed by atoms with van der Waals surface area (Å²) >= 11 is 0. The van der Waals surface area contributed by atoms with Crippen LogP contribution in [0.15, 0.2) is 65.2 Å². The molecule has 0 spiro atoms. The summed E-state index contributed by atoms with van der Waals surface area (Å²) in [7, 11) is 0. The Morgan fingerprint density at radius 1 is 1.03 bits per heavy atom. The zero-order chi connectivity index (χ0) is 24.1. The molecule has 0 aliphatic carbocycles. The molecule has 3 aromatic carbocycles. The largest absolute Gasteiger partial charge is 0.485 e. The molecule has 0 saturated heterocycles. The second-order valence-electron chi connectivity index (χ2n) is 7.90. The molecule has 4 aromatic rings. The number of nitrogens with zero attached hydrogens (tertiary/aromatic N) is 1. The molecule has 1 aliphatic rings. The molecule has 1 atom stereocenters. The van der Waals surface area contributed by atoms with Gasteiger partial charge in [0, 0.05) is 23.1 Å². The molecule has 1 N–H and O–H groups in total. The molecule has 0 bridgehead atoms. The SMILES string of the molecule is CC1(C(=O)O)COc2ccc(Oc3ccc4c(-c5ccc(C(F)(F)F)cc5)noc4c3)cc2O1. The van der Waals surface area contributed by atoms with Gasteiger partial charge in [-0.15, -0.1) is 0 Å². The number of halogens is 3. The molecule has 0 amide bonds. The highest BCUT2D eigenvalue weighted by atomic mass is 19.4. The van der Waals surface area contributed by atoms with Gasteiger partial charge in [0.05, 0.1) is 5.56 Å². The predicted octanol–water partition coefficient (Wildman–Crippen LogP) is 5.92. The second kappa shape index (κ2) is 7.68. The Kier molecular flexibility index (Phi) is 4.89. The van der Waals surface area contributed by atoms with Crippen LogP contribution in [0.25, 0.3) is 22.2 Å². The van der Waals surface area contributed by atoms with E-state index in [1.54, 1.807) is 30.3 Å². The maximum absolute atomic E-state index is 12.8. The third kappa shape index (κ3) is 3.87. The number of benzene rings is 3. The van der Waals surface area contributed by atoms with Crippen LogP contribution in [0.4, 0.5) is 13.2 Å². The number of carboxylic acid groups (broad SMARTS) is 1. The third-order valence-corrected chi connectivity index (χ3v) is 5.37. The highest BCUT2D eigenvalue weighted by molar-refractivity contribution is 5.92. The lowest BCUT2D eigenvalue weighted by molar-refractivity contribution is -0.158. The topological polar surface area (TPSA) is 91.0 Å². The predicted molar refractivity (Wildman–Crippen MR) is 113 cm³/mol. The summed E-state index contributed by atoms with van der Waals surface area (Å²) in [6.07, 6.45) is -4.42. The number of alkyl halides is 3. The van der Waals surface area contributed by atoms with Crippen molar-refractivity contribution in [3.8, 4) is 34.3 Å². The molecular formula is C24H16F3NO6. The van der Waals surface area contributed by atoms with E-state index in [4.69, 9.17) is 18.7 Å². The lowest BCUT2D eigenvalue weighted by Crippen LogP contribution is -2.49. The number of ether oxygens (including phenoxy) is 3. The summed E-state index contributed by atoms with van der Waals surface area (Å²) in [5.74, 6) is 0.264. The second-order valence-corrected chi connectivity index (χ2v) is 7.90. The number of aliphatic carboxylic acids is 1. The maximum atomic E-state index is 12.8. The van der Waals surface area contributed by atoms with E-state index in [1.807, 2.05) is 0 Å². The quantitative estimate of drug-likeness (QED) is 0.395. The Hall–Kier alpha value is -4.21. The van der Waals surface area contributed by atoms with Gasteiger partial charge in [-0.25, -0.2) is 4.79 Å². The summed E-state index contributed by atoms with van der Waals surface area (Å²) in [6, 6.07) is 14.4. The van der Waals surface area contributed by atoms with Gasteiger partial charge in [0.15, 0.2) is 17.1 Å². The van der Waals surface area contributed by atoms with Crippen molar-refractivity contribution >= 4 is 16.9 Å². The van der Waals surface area contributed by atoms with E-state index in [9.17, 15) is 23.1 Å². The highest BCUT2D eigenvalue weighted by Crippen LogP contribution is 2.40. The van der Waals surface area contributed by atoms with E-state index < -0.39 is 23.3 Å². The molecule has 7 nitrogen and oxygen atoms in total. The van der Waals surface area contributed by atoms with Gasteiger partial charge in [0.2, 0.25) is 5.60 Å². The van der Waals surface area contributed by atoms with Crippen LogP contribution in [0, 0.1) is 0 Å². The van der Waals surface area contributed by atoms with Gasteiger partial charge in [0.25, 0.3) is 0 Å². The number of carbonyl (C=O) groups is 1. The van der Waals surface area contributed by atoms with E-state index in [0.717, 1.165) is 12.1 Å². The third-order valence-electron chi connectivity index (χ3n) is 5.37. The van der Waals surface area contributed by atoms with Crippen LogP contribution in [0.1, 0.15) is 12.5 Å². The molecule has 1 aromatic heterocycles. The normalized spacial score (nSPS) is 17.5. The molecule has 34 heavy (non-hydrogen) atoms. The van der Waals surface area contributed by atoms with Crippen molar-refractivity contribution in [1.82, 2.24) is 5.16 Å². The van der Waals surface area contributed by atoms with E-state index in [1.165, 1.54) is 25.1 Å². The van der Waals surface area contributed by atoms with Gasteiger partial charge < -0.3 is 23.8 Å². The summed E-state index contributed by atoms with van der Waals surface area (Å²) < 4.78 is 60.8. The van der Waals surface area contributed by atoms with Crippen molar-refractivity contribution in [3.05, 3.63) is 66.2 Å². The minimum atomic E-state index is -4.42. The fourth-order valence-electron chi connectivity index (χ4n) is 3.49. The van der Waals surface area contributed by atoms with Crippen LogP contribution >= 0.6 is 0 Å². The fourth-order valence-corrected chi connectivity index (χ4v) is 3.49. The highest BCUT2D eigenvalue weighted by Gasteiger charge is 2.41. The minimum absolute atomic E-state index is 0.126. The molecule has 1 unspecified atom stereocenters.